The van der Waals surface area contributed by atoms with Crippen LogP contribution in [0.3, 0.4) is 0 Å². The molecule has 29 heavy (non-hydrogen) atoms. The summed E-state index contributed by atoms with van der Waals surface area (Å²) in [4.78, 5) is 21.1. The normalized spacial score (nSPS) is 12.8. The summed E-state index contributed by atoms with van der Waals surface area (Å²) < 4.78 is 11.2. The summed E-state index contributed by atoms with van der Waals surface area (Å²) in [6.07, 6.45) is 0. The summed E-state index contributed by atoms with van der Waals surface area (Å²) in [5.74, 6) is 0.771. The highest BCUT2D eigenvalue weighted by molar-refractivity contribution is 8.00. The fraction of sp³-hybridized carbons (Fsp3) is 0.333. The van der Waals surface area contributed by atoms with Crippen LogP contribution in [0.2, 0.25) is 0 Å². The fourth-order valence-corrected chi connectivity index (χ4v) is 3.94. The zero-order valence-electron chi connectivity index (χ0n) is 15.1. The number of alkyl halides is 2. The molecule has 0 spiro atoms. The second-order valence-electron chi connectivity index (χ2n) is 5.76. The van der Waals surface area contributed by atoms with Crippen LogP contribution in [0.1, 0.15) is 0 Å². The maximum Gasteiger partial charge on any atom is 0.310 e. The van der Waals surface area contributed by atoms with Gasteiger partial charge in [0.2, 0.25) is 0 Å². The van der Waals surface area contributed by atoms with Gasteiger partial charge in [-0.2, -0.15) is 0 Å². The molecule has 2 atom stereocenters. The van der Waals surface area contributed by atoms with Crippen molar-refractivity contribution >= 4 is 46.3 Å². The van der Waals surface area contributed by atoms with Gasteiger partial charge in [-0.1, -0.05) is 24.3 Å². The molecule has 0 radical (unpaired) electrons. The van der Waals surface area contributed by atoms with Crippen LogP contribution in [0.25, 0.3) is 0 Å². The van der Waals surface area contributed by atoms with Crippen molar-refractivity contribution in [2.24, 2.45) is 0 Å². The average molecular weight is 461 g/mol. The van der Waals surface area contributed by atoms with Gasteiger partial charge >= 0.3 is 11.4 Å². The van der Waals surface area contributed by atoms with E-state index in [1.54, 1.807) is 24.3 Å². The van der Waals surface area contributed by atoms with Gasteiger partial charge in [0.05, 0.1) is 20.3 Å². The molecule has 8 nitrogen and oxygen atoms in total. The van der Waals surface area contributed by atoms with E-state index in [1.807, 2.05) is 0 Å². The minimum atomic E-state index is -0.514. The third kappa shape index (κ3) is 6.95. The van der Waals surface area contributed by atoms with Gasteiger partial charge in [0.1, 0.15) is 13.2 Å². The molecule has 0 saturated carbocycles. The van der Waals surface area contributed by atoms with Crippen LogP contribution >= 0.6 is 35.0 Å². The lowest BCUT2D eigenvalue weighted by atomic mass is 10.3. The second-order valence-corrected chi connectivity index (χ2v) is 7.98. The van der Waals surface area contributed by atoms with Gasteiger partial charge in [-0.25, -0.2) is 0 Å². The Morgan fingerprint density at radius 2 is 1.17 bits per heavy atom. The first-order valence-electron chi connectivity index (χ1n) is 8.46. The molecule has 156 valence electrons. The van der Waals surface area contributed by atoms with Crippen LogP contribution in [0.4, 0.5) is 11.4 Å². The van der Waals surface area contributed by atoms with E-state index >= 15 is 0 Å². The minimum absolute atomic E-state index is 0.126. The first-order valence-corrected chi connectivity index (χ1v) is 10.5. The molecule has 0 saturated heterocycles. The van der Waals surface area contributed by atoms with E-state index in [0.29, 0.717) is 0 Å². The van der Waals surface area contributed by atoms with Gasteiger partial charge < -0.3 is 9.47 Å². The predicted octanol–water partition coefficient (Wildman–Crippen LogP) is 4.91. The van der Waals surface area contributed by atoms with E-state index in [9.17, 15) is 20.2 Å². The smallest absolute Gasteiger partial charge is 0.310 e. The monoisotopic (exact) mass is 460 g/mol. The number of para-hydroxylation sites is 4. The number of rotatable bonds is 12. The van der Waals surface area contributed by atoms with Gasteiger partial charge in [0, 0.05) is 23.9 Å². The van der Waals surface area contributed by atoms with Gasteiger partial charge in [0.25, 0.3) is 0 Å². The molecule has 0 aliphatic heterocycles. The molecule has 2 unspecified atom stereocenters. The fourth-order valence-electron chi connectivity index (χ4n) is 2.34. The average Bonchev–Trinajstić information content (AvgIpc) is 2.73. The van der Waals surface area contributed by atoms with Crippen molar-refractivity contribution in [3.05, 3.63) is 68.8 Å². The second kappa shape index (κ2) is 11.7. The van der Waals surface area contributed by atoms with Gasteiger partial charge in [-0.05, 0) is 12.1 Å². The molecule has 0 amide bonds. The van der Waals surface area contributed by atoms with Gasteiger partial charge in [-0.3, -0.25) is 20.2 Å². The topological polar surface area (TPSA) is 105 Å². The van der Waals surface area contributed by atoms with Crippen LogP contribution in [0.15, 0.2) is 48.5 Å². The van der Waals surface area contributed by atoms with Crippen LogP contribution in [-0.4, -0.2) is 45.3 Å². The number of nitro benzene ring substituents is 2. The quantitative estimate of drug-likeness (QED) is 0.251. The molecule has 2 rings (SSSR count). The van der Waals surface area contributed by atoms with Crippen molar-refractivity contribution in [1.82, 2.24) is 0 Å². The number of thioether (sulfide) groups is 1. The Morgan fingerprint density at radius 3 is 1.52 bits per heavy atom. The molecule has 0 heterocycles. The predicted molar refractivity (Wildman–Crippen MR) is 114 cm³/mol. The lowest BCUT2D eigenvalue weighted by molar-refractivity contribution is -0.386. The Balaban J connectivity index is 1.95. The van der Waals surface area contributed by atoms with E-state index in [4.69, 9.17) is 32.7 Å². The van der Waals surface area contributed by atoms with Crippen LogP contribution in [0, 0.1) is 20.2 Å². The van der Waals surface area contributed by atoms with E-state index in [1.165, 1.54) is 36.0 Å². The first kappa shape index (κ1) is 23.1. The molecule has 0 bridgehead atoms. The van der Waals surface area contributed by atoms with Crippen molar-refractivity contribution < 1.29 is 19.3 Å². The van der Waals surface area contributed by atoms with Crippen LogP contribution in [0.5, 0.6) is 11.5 Å². The van der Waals surface area contributed by atoms with Crippen molar-refractivity contribution in [3.8, 4) is 11.5 Å². The molecule has 11 heteroatoms. The SMILES string of the molecule is O=[N+]([O-])c1ccccc1OCC(CCl)SC(CCl)COc1ccccc1[N+](=O)[O-]. The molecular formula is C18H18Cl2N2O6S. The van der Waals surface area contributed by atoms with Crippen molar-refractivity contribution in [1.29, 1.82) is 0 Å². The summed E-state index contributed by atoms with van der Waals surface area (Å²) in [6.45, 7) is 0.274. The van der Waals surface area contributed by atoms with Crippen LogP contribution in [-0.2, 0) is 0 Å². The number of nitrogens with zero attached hydrogens (tertiary/aromatic N) is 2. The number of hydrogen-bond acceptors (Lipinski definition) is 7. The molecule has 2 aromatic carbocycles. The molecule has 0 aromatic heterocycles. The molecule has 0 aliphatic carbocycles. The lowest BCUT2D eigenvalue weighted by Crippen LogP contribution is -2.25. The Labute approximate surface area is 181 Å². The summed E-state index contributed by atoms with van der Waals surface area (Å²) in [5, 5.41) is 21.7. The first-order chi connectivity index (χ1) is 14.0. The Morgan fingerprint density at radius 1 is 0.793 bits per heavy atom. The molecular weight excluding hydrogens is 443 g/mol. The number of hydrogen-bond donors (Lipinski definition) is 0. The van der Waals surface area contributed by atoms with E-state index < -0.39 is 9.85 Å². The van der Waals surface area contributed by atoms with E-state index in [2.05, 4.69) is 0 Å². The number of nitro groups is 2. The number of benzene rings is 2. The number of halogens is 2. The highest BCUT2D eigenvalue weighted by Gasteiger charge is 2.21. The maximum absolute atomic E-state index is 11.1. The third-order valence-electron chi connectivity index (χ3n) is 3.70. The van der Waals surface area contributed by atoms with E-state index in [-0.39, 0.29) is 58.3 Å². The Bertz CT molecular complexity index is 774. The molecule has 0 fully saturated rings. The molecule has 0 aliphatic rings. The maximum atomic E-state index is 11.1. The van der Waals surface area contributed by atoms with Gasteiger partial charge in [0.15, 0.2) is 11.5 Å². The largest absolute Gasteiger partial charge is 0.486 e. The number of ether oxygens (including phenoxy) is 2. The lowest BCUT2D eigenvalue weighted by Gasteiger charge is -2.21. The Kier molecular flexibility index (Phi) is 9.30. The van der Waals surface area contributed by atoms with Crippen molar-refractivity contribution in [2.45, 2.75) is 10.5 Å². The van der Waals surface area contributed by atoms with Crippen molar-refractivity contribution in [3.63, 3.8) is 0 Å². The standard InChI is InChI=1S/C18H18Cl2N2O6S/c19-9-13(11-27-17-7-3-1-5-15(17)21(23)24)29-14(10-20)12-28-18-8-4-2-6-16(18)22(25)26/h1-8,13-14H,9-12H2. The highest BCUT2D eigenvalue weighted by atomic mass is 35.5. The van der Waals surface area contributed by atoms with Gasteiger partial charge in [-0.15, -0.1) is 35.0 Å². The molecule has 0 N–H and O–H groups in total. The third-order valence-corrected chi connectivity index (χ3v) is 6.19. The van der Waals surface area contributed by atoms with Crippen molar-refractivity contribution in [2.75, 3.05) is 25.0 Å². The van der Waals surface area contributed by atoms with E-state index in [0.717, 1.165) is 0 Å². The summed E-state index contributed by atoms with van der Waals surface area (Å²) in [6, 6.07) is 12.2. The highest BCUT2D eigenvalue weighted by Crippen LogP contribution is 2.30. The summed E-state index contributed by atoms with van der Waals surface area (Å²) in [7, 11) is 0. The summed E-state index contributed by atoms with van der Waals surface area (Å²) in [5.41, 5.74) is -0.251. The Hall–Kier alpha value is -2.23. The van der Waals surface area contributed by atoms with Crippen LogP contribution < -0.4 is 9.47 Å². The zero-order valence-corrected chi connectivity index (χ0v) is 17.4. The zero-order chi connectivity index (χ0) is 21.2. The summed E-state index contributed by atoms with van der Waals surface area (Å²) >= 11 is 13.4. The molecule has 2 aromatic rings. The minimum Gasteiger partial charge on any atom is -0.486 e.